The van der Waals surface area contributed by atoms with Gasteiger partial charge in [0.1, 0.15) is 17.1 Å². The van der Waals surface area contributed by atoms with Crippen LogP contribution in [0.5, 0.6) is 11.5 Å². The van der Waals surface area contributed by atoms with Crippen molar-refractivity contribution in [1.29, 1.82) is 0 Å². The number of carbonyl (C=O) groups is 2. The number of hydrogen-bond donors (Lipinski definition) is 0. The van der Waals surface area contributed by atoms with Crippen LogP contribution in [0.15, 0.2) is 78.9 Å². The Morgan fingerprint density at radius 2 is 1.43 bits per heavy atom. The molecule has 0 unspecified atom stereocenters. The number of ketones is 1. The summed E-state index contributed by atoms with van der Waals surface area (Å²) in [5, 5.41) is 0. The lowest BCUT2D eigenvalue weighted by Crippen LogP contribution is -2.11. The molecule has 0 radical (unpaired) electrons. The second-order valence-corrected chi connectivity index (χ2v) is 6.31. The van der Waals surface area contributed by atoms with Crippen LogP contribution in [0.25, 0.3) is 0 Å². The van der Waals surface area contributed by atoms with Gasteiger partial charge in [-0.3, -0.25) is 4.79 Å². The zero-order valence-corrected chi connectivity index (χ0v) is 15.8. The number of carbonyl (C=O) groups excluding carboxylic acids is 2. The first-order valence-corrected chi connectivity index (χ1v) is 9.33. The lowest BCUT2D eigenvalue weighted by molar-refractivity contribution is 0.0730. The zero-order chi connectivity index (χ0) is 19.8. The van der Waals surface area contributed by atoms with Gasteiger partial charge in [-0.15, -0.1) is 0 Å². The monoisotopic (exact) mass is 374 g/mol. The zero-order valence-electron chi connectivity index (χ0n) is 15.8. The van der Waals surface area contributed by atoms with Crippen molar-refractivity contribution in [2.24, 2.45) is 0 Å². The van der Waals surface area contributed by atoms with Crippen LogP contribution in [0.3, 0.4) is 0 Å². The topological polar surface area (TPSA) is 52.6 Å². The summed E-state index contributed by atoms with van der Waals surface area (Å²) >= 11 is 0. The maximum Gasteiger partial charge on any atom is 0.347 e. The molecule has 28 heavy (non-hydrogen) atoms. The molecular weight excluding hydrogens is 352 g/mol. The molecule has 0 aliphatic rings. The van der Waals surface area contributed by atoms with Gasteiger partial charge in [0, 0.05) is 11.1 Å². The Labute approximate surface area is 164 Å². The Hall–Kier alpha value is -3.40. The molecule has 0 bridgehead atoms. The Bertz CT molecular complexity index is 930. The molecule has 3 rings (SSSR count). The van der Waals surface area contributed by atoms with E-state index in [-0.39, 0.29) is 5.78 Å². The van der Waals surface area contributed by atoms with E-state index >= 15 is 0 Å². The molecule has 0 saturated heterocycles. The summed E-state index contributed by atoms with van der Waals surface area (Å²) in [5.74, 6) is 0.317. The first kappa shape index (κ1) is 19.4. The summed E-state index contributed by atoms with van der Waals surface area (Å²) in [4.78, 5) is 25.0. The van der Waals surface area contributed by atoms with Crippen molar-refractivity contribution in [2.75, 3.05) is 6.61 Å². The smallest absolute Gasteiger partial charge is 0.347 e. The van der Waals surface area contributed by atoms with E-state index in [9.17, 15) is 9.59 Å². The molecule has 0 amide bonds. The van der Waals surface area contributed by atoms with Crippen LogP contribution in [-0.2, 0) is 0 Å². The number of para-hydroxylation sites is 1. The molecule has 0 aliphatic heterocycles. The minimum atomic E-state index is -0.491. The molecule has 4 heteroatoms. The van der Waals surface area contributed by atoms with E-state index in [0.29, 0.717) is 34.8 Å². The van der Waals surface area contributed by atoms with Crippen LogP contribution in [0.1, 0.15) is 46.0 Å². The maximum absolute atomic E-state index is 12.5. The summed E-state index contributed by atoms with van der Waals surface area (Å²) in [7, 11) is 0. The van der Waals surface area contributed by atoms with Gasteiger partial charge in [0.25, 0.3) is 0 Å². The molecule has 0 heterocycles. The predicted molar refractivity (Wildman–Crippen MR) is 108 cm³/mol. The van der Waals surface area contributed by atoms with E-state index < -0.39 is 5.97 Å². The minimum absolute atomic E-state index is 0.0758. The fraction of sp³-hybridized carbons (Fsp3) is 0.167. The summed E-state index contributed by atoms with van der Waals surface area (Å²) in [6, 6.07) is 22.6. The van der Waals surface area contributed by atoms with Gasteiger partial charge >= 0.3 is 5.97 Å². The Morgan fingerprint density at radius 1 is 0.786 bits per heavy atom. The van der Waals surface area contributed by atoms with Gasteiger partial charge in [-0.25, -0.2) is 4.79 Å². The van der Waals surface area contributed by atoms with Gasteiger partial charge in [0.2, 0.25) is 0 Å². The number of benzene rings is 3. The van der Waals surface area contributed by atoms with Crippen molar-refractivity contribution in [3.8, 4) is 11.5 Å². The van der Waals surface area contributed by atoms with E-state index in [0.717, 1.165) is 12.8 Å². The fourth-order valence-electron chi connectivity index (χ4n) is 2.68. The van der Waals surface area contributed by atoms with Crippen LogP contribution in [0, 0.1) is 0 Å². The number of hydrogen-bond acceptors (Lipinski definition) is 4. The molecule has 0 saturated carbocycles. The van der Waals surface area contributed by atoms with Crippen LogP contribution in [-0.4, -0.2) is 18.4 Å². The highest BCUT2D eigenvalue weighted by Gasteiger charge is 2.15. The standard InChI is InChI=1S/C24H22O4/c1-2-3-17-27-22-12-8-7-11-21(22)24(26)28-20-15-13-19(14-16-20)23(25)18-9-5-4-6-10-18/h4-16H,2-3,17H2,1H3. The molecule has 3 aromatic rings. The van der Waals surface area contributed by atoms with Gasteiger partial charge in [0.15, 0.2) is 5.78 Å². The number of ether oxygens (including phenoxy) is 2. The number of rotatable bonds is 8. The average Bonchev–Trinajstić information content (AvgIpc) is 2.75. The maximum atomic E-state index is 12.5. The molecule has 4 nitrogen and oxygen atoms in total. The van der Waals surface area contributed by atoms with Crippen LogP contribution < -0.4 is 9.47 Å². The molecule has 0 aromatic heterocycles. The summed E-state index contributed by atoms with van der Waals surface area (Å²) in [5.41, 5.74) is 1.53. The average molecular weight is 374 g/mol. The lowest BCUT2D eigenvalue weighted by Gasteiger charge is -2.11. The molecular formula is C24H22O4. The summed E-state index contributed by atoms with van der Waals surface area (Å²) in [6.07, 6.45) is 1.93. The highest BCUT2D eigenvalue weighted by atomic mass is 16.5. The van der Waals surface area contributed by atoms with E-state index in [4.69, 9.17) is 9.47 Å². The largest absolute Gasteiger partial charge is 0.493 e. The van der Waals surface area contributed by atoms with E-state index in [1.54, 1.807) is 54.6 Å². The van der Waals surface area contributed by atoms with Gasteiger partial charge in [-0.2, -0.15) is 0 Å². The van der Waals surface area contributed by atoms with Crippen molar-refractivity contribution in [1.82, 2.24) is 0 Å². The molecule has 3 aromatic carbocycles. The normalized spacial score (nSPS) is 10.3. The highest BCUT2D eigenvalue weighted by molar-refractivity contribution is 6.09. The van der Waals surface area contributed by atoms with E-state index in [2.05, 4.69) is 6.92 Å². The number of esters is 1. The summed E-state index contributed by atoms with van der Waals surface area (Å²) < 4.78 is 11.1. The van der Waals surface area contributed by atoms with Gasteiger partial charge in [-0.05, 0) is 42.8 Å². The first-order chi connectivity index (χ1) is 13.7. The second kappa shape index (κ2) is 9.51. The third-order valence-electron chi connectivity index (χ3n) is 4.23. The quantitative estimate of drug-likeness (QED) is 0.232. The van der Waals surface area contributed by atoms with E-state index in [1.165, 1.54) is 0 Å². The molecule has 0 fully saturated rings. The van der Waals surface area contributed by atoms with Crippen LogP contribution >= 0.6 is 0 Å². The second-order valence-electron chi connectivity index (χ2n) is 6.31. The molecule has 0 atom stereocenters. The third-order valence-corrected chi connectivity index (χ3v) is 4.23. The van der Waals surface area contributed by atoms with Crippen LogP contribution in [0.4, 0.5) is 0 Å². The Balaban J connectivity index is 1.69. The third kappa shape index (κ3) is 4.86. The van der Waals surface area contributed by atoms with Crippen molar-refractivity contribution in [2.45, 2.75) is 19.8 Å². The fourth-order valence-corrected chi connectivity index (χ4v) is 2.68. The predicted octanol–water partition coefficient (Wildman–Crippen LogP) is 5.32. The Kier molecular flexibility index (Phi) is 6.58. The van der Waals surface area contributed by atoms with Gasteiger partial charge < -0.3 is 9.47 Å². The van der Waals surface area contributed by atoms with Crippen molar-refractivity contribution >= 4 is 11.8 Å². The van der Waals surface area contributed by atoms with E-state index in [1.807, 2.05) is 24.3 Å². The molecule has 142 valence electrons. The lowest BCUT2D eigenvalue weighted by atomic mass is 10.0. The van der Waals surface area contributed by atoms with Gasteiger partial charge in [0.05, 0.1) is 6.61 Å². The first-order valence-electron chi connectivity index (χ1n) is 9.33. The van der Waals surface area contributed by atoms with Crippen LogP contribution in [0.2, 0.25) is 0 Å². The van der Waals surface area contributed by atoms with Crippen molar-refractivity contribution in [3.63, 3.8) is 0 Å². The summed E-state index contributed by atoms with van der Waals surface area (Å²) in [6.45, 7) is 2.63. The molecule has 0 spiro atoms. The molecule has 0 aliphatic carbocycles. The van der Waals surface area contributed by atoms with Crippen molar-refractivity contribution < 1.29 is 19.1 Å². The Morgan fingerprint density at radius 3 is 2.14 bits per heavy atom. The van der Waals surface area contributed by atoms with Crippen molar-refractivity contribution in [3.05, 3.63) is 95.6 Å². The highest BCUT2D eigenvalue weighted by Crippen LogP contribution is 2.22. The molecule has 0 N–H and O–H groups in total. The minimum Gasteiger partial charge on any atom is -0.493 e. The number of unbranched alkanes of at least 4 members (excludes halogenated alkanes) is 1. The SMILES string of the molecule is CCCCOc1ccccc1C(=O)Oc1ccc(C(=O)c2ccccc2)cc1. The van der Waals surface area contributed by atoms with Gasteiger partial charge in [-0.1, -0.05) is 55.8 Å².